The van der Waals surface area contributed by atoms with Crippen molar-refractivity contribution in [1.82, 2.24) is 10.3 Å². The Morgan fingerprint density at radius 2 is 1.92 bits per heavy atom. The lowest BCUT2D eigenvalue weighted by atomic mass is 10.2. The highest BCUT2D eigenvalue weighted by atomic mass is 35.5. The van der Waals surface area contributed by atoms with Gasteiger partial charge in [0.05, 0.1) is 16.3 Å². The van der Waals surface area contributed by atoms with Gasteiger partial charge >= 0.3 is 0 Å². The Bertz CT molecular complexity index is 846. The SMILES string of the molecule is O=C(NCCc1coc(-c2ccc(F)cc2)n1)c1ccccc1Cl. The molecular weight excluding hydrogens is 331 g/mol. The quantitative estimate of drug-likeness (QED) is 0.758. The predicted molar refractivity (Wildman–Crippen MR) is 89.4 cm³/mol. The molecule has 3 rings (SSSR count). The lowest BCUT2D eigenvalue weighted by molar-refractivity contribution is 0.0954. The molecular formula is C18H14ClFN2O2. The van der Waals surface area contributed by atoms with E-state index in [2.05, 4.69) is 10.3 Å². The third-order valence-corrected chi connectivity index (χ3v) is 3.76. The zero-order valence-electron chi connectivity index (χ0n) is 12.6. The van der Waals surface area contributed by atoms with Crippen LogP contribution in [0, 0.1) is 5.82 Å². The molecule has 2 aromatic carbocycles. The molecule has 0 radical (unpaired) electrons. The largest absolute Gasteiger partial charge is 0.444 e. The summed E-state index contributed by atoms with van der Waals surface area (Å²) in [6, 6.07) is 12.8. The number of amides is 1. The molecule has 122 valence electrons. The van der Waals surface area contributed by atoms with Crippen molar-refractivity contribution >= 4 is 17.5 Å². The first kappa shape index (κ1) is 16.2. The molecule has 0 aliphatic heterocycles. The van der Waals surface area contributed by atoms with Gasteiger partial charge in [0, 0.05) is 18.5 Å². The van der Waals surface area contributed by atoms with Gasteiger partial charge in [0.15, 0.2) is 0 Å². The van der Waals surface area contributed by atoms with Gasteiger partial charge in [-0.3, -0.25) is 4.79 Å². The van der Waals surface area contributed by atoms with Crippen molar-refractivity contribution in [2.24, 2.45) is 0 Å². The minimum absolute atomic E-state index is 0.233. The van der Waals surface area contributed by atoms with E-state index in [0.717, 1.165) is 0 Å². The first-order chi connectivity index (χ1) is 11.6. The van der Waals surface area contributed by atoms with Crippen molar-refractivity contribution in [2.75, 3.05) is 6.54 Å². The van der Waals surface area contributed by atoms with Crippen LogP contribution in [0.4, 0.5) is 4.39 Å². The summed E-state index contributed by atoms with van der Waals surface area (Å²) in [5.74, 6) is -0.127. The van der Waals surface area contributed by atoms with E-state index in [1.54, 1.807) is 36.4 Å². The number of nitrogens with one attached hydrogen (secondary N) is 1. The number of halogens is 2. The second kappa shape index (κ2) is 7.27. The van der Waals surface area contributed by atoms with Gasteiger partial charge in [-0.15, -0.1) is 0 Å². The Balaban J connectivity index is 1.57. The van der Waals surface area contributed by atoms with Gasteiger partial charge in [-0.05, 0) is 36.4 Å². The number of carbonyl (C=O) groups excluding carboxylic acids is 1. The highest BCUT2D eigenvalue weighted by molar-refractivity contribution is 6.33. The predicted octanol–water partition coefficient (Wildman–Crippen LogP) is 4.11. The standard InChI is InChI=1S/C18H14ClFN2O2/c19-16-4-2-1-3-15(16)17(23)21-10-9-14-11-24-18(22-14)12-5-7-13(20)8-6-12/h1-8,11H,9-10H2,(H,21,23). The van der Waals surface area contributed by atoms with Crippen LogP contribution in [0.3, 0.4) is 0 Å². The number of rotatable bonds is 5. The van der Waals surface area contributed by atoms with Crippen molar-refractivity contribution in [3.05, 3.63) is 76.9 Å². The summed E-state index contributed by atoms with van der Waals surface area (Å²) >= 11 is 5.98. The fourth-order valence-electron chi connectivity index (χ4n) is 2.19. The second-order valence-electron chi connectivity index (χ2n) is 5.14. The Labute approximate surface area is 143 Å². The van der Waals surface area contributed by atoms with E-state index < -0.39 is 0 Å². The van der Waals surface area contributed by atoms with Crippen molar-refractivity contribution in [3.63, 3.8) is 0 Å². The molecule has 0 unspecified atom stereocenters. The topological polar surface area (TPSA) is 55.1 Å². The van der Waals surface area contributed by atoms with Gasteiger partial charge in [0.1, 0.15) is 12.1 Å². The molecule has 0 spiro atoms. The summed E-state index contributed by atoms with van der Waals surface area (Å²) in [6.45, 7) is 0.402. The summed E-state index contributed by atoms with van der Waals surface area (Å²) in [4.78, 5) is 16.4. The summed E-state index contributed by atoms with van der Waals surface area (Å²) < 4.78 is 18.3. The van der Waals surface area contributed by atoms with Crippen molar-refractivity contribution < 1.29 is 13.6 Å². The Kier molecular flexibility index (Phi) is 4.91. The van der Waals surface area contributed by atoms with Gasteiger partial charge in [-0.2, -0.15) is 0 Å². The molecule has 4 nitrogen and oxygen atoms in total. The average Bonchev–Trinajstić information content (AvgIpc) is 3.04. The molecule has 1 aromatic heterocycles. The smallest absolute Gasteiger partial charge is 0.252 e. The van der Waals surface area contributed by atoms with Crippen LogP contribution in [0.5, 0.6) is 0 Å². The van der Waals surface area contributed by atoms with E-state index in [4.69, 9.17) is 16.0 Å². The monoisotopic (exact) mass is 344 g/mol. The maximum Gasteiger partial charge on any atom is 0.252 e. The summed E-state index contributed by atoms with van der Waals surface area (Å²) in [5, 5.41) is 3.20. The van der Waals surface area contributed by atoms with Crippen LogP contribution >= 0.6 is 11.6 Å². The van der Waals surface area contributed by atoms with E-state index in [1.807, 2.05) is 0 Å². The lowest BCUT2D eigenvalue weighted by Gasteiger charge is -2.05. The molecule has 1 amide bonds. The van der Waals surface area contributed by atoms with E-state index in [9.17, 15) is 9.18 Å². The highest BCUT2D eigenvalue weighted by Crippen LogP contribution is 2.19. The van der Waals surface area contributed by atoms with Crippen LogP contribution in [0.2, 0.25) is 5.02 Å². The molecule has 0 aliphatic rings. The summed E-state index contributed by atoms with van der Waals surface area (Å²) in [6.07, 6.45) is 2.04. The highest BCUT2D eigenvalue weighted by Gasteiger charge is 2.10. The van der Waals surface area contributed by atoms with E-state index >= 15 is 0 Å². The molecule has 0 atom stereocenters. The van der Waals surface area contributed by atoms with Crippen molar-refractivity contribution in [1.29, 1.82) is 0 Å². The molecule has 0 aliphatic carbocycles. The minimum atomic E-state index is -0.312. The molecule has 0 saturated heterocycles. The zero-order valence-corrected chi connectivity index (χ0v) is 13.4. The van der Waals surface area contributed by atoms with E-state index in [-0.39, 0.29) is 11.7 Å². The fraction of sp³-hybridized carbons (Fsp3) is 0.111. The molecule has 1 heterocycles. The van der Waals surface area contributed by atoms with Gasteiger partial charge in [-0.25, -0.2) is 9.37 Å². The number of oxazole rings is 1. The molecule has 3 aromatic rings. The van der Waals surface area contributed by atoms with Gasteiger partial charge < -0.3 is 9.73 Å². The van der Waals surface area contributed by atoms with Gasteiger partial charge in [0.25, 0.3) is 5.91 Å². The zero-order chi connectivity index (χ0) is 16.9. The Morgan fingerprint density at radius 3 is 2.67 bits per heavy atom. The first-order valence-corrected chi connectivity index (χ1v) is 7.74. The molecule has 0 bridgehead atoms. The number of benzene rings is 2. The van der Waals surface area contributed by atoms with Crippen molar-refractivity contribution in [3.8, 4) is 11.5 Å². The molecule has 24 heavy (non-hydrogen) atoms. The summed E-state index contributed by atoms with van der Waals surface area (Å²) in [7, 11) is 0. The van der Waals surface area contributed by atoms with E-state index in [1.165, 1.54) is 18.4 Å². The van der Waals surface area contributed by atoms with Crippen LogP contribution < -0.4 is 5.32 Å². The van der Waals surface area contributed by atoms with Crippen LogP contribution in [0.25, 0.3) is 11.5 Å². The third kappa shape index (κ3) is 3.81. The van der Waals surface area contributed by atoms with Gasteiger partial charge in [-0.1, -0.05) is 23.7 Å². The maximum atomic E-state index is 12.9. The van der Waals surface area contributed by atoms with Crippen LogP contribution in [0.15, 0.2) is 59.2 Å². The average molecular weight is 345 g/mol. The fourth-order valence-corrected chi connectivity index (χ4v) is 2.41. The maximum absolute atomic E-state index is 12.9. The lowest BCUT2D eigenvalue weighted by Crippen LogP contribution is -2.26. The number of hydrogen-bond acceptors (Lipinski definition) is 3. The second-order valence-corrected chi connectivity index (χ2v) is 5.54. The van der Waals surface area contributed by atoms with Crippen molar-refractivity contribution in [2.45, 2.75) is 6.42 Å². The Morgan fingerprint density at radius 1 is 1.17 bits per heavy atom. The number of carbonyl (C=O) groups is 1. The number of aromatic nitrogens is 1. The van der Waals surface area contributed by atoms with Crippen LogP contribution in [0.1, 0.15) is 16.1 Å². The molecule has 0 saturated carbocycles. The minimum Gasteiger partial charge on any atom is -0.444 e. The van der Waals surface area contributed by atoms with Crippen LogP contribution in [-0.4, -0.2) is 17.4 Å². The molecule has 1 N–H and O–H groups in total. The molecule has 6 heteroatoms. The molecule has 0 fully saturated rings. The van der Waals surface area contributed by atoms with Crippen LogP contribution in [-0.2, 0) is 6.42 Å². The number of hydrogen-bond donors (Lipinski definition) is 1. The van der Waals surface area contributed by atoms with Gasteiger partial charge in [0.2, 0.25) is 5.89 Å². The number of nitrogens with zero attached hydrogens (tertiary/aromatic N) is 1. The Hall–Kier alpha value is -2.66. The van der Waals surface area contributed by atoms with E-state index in [0.29, 0.717) is 40.7 Å². The summed E-state index contributed by atoms with van der Waals surface area (Å²) in [5.41, 5.74) is 1.84. The first-order valence-electron chi connectivity index (χ1n) is 7.36. The normalized spacial score (nSPS) is 10.6. The third-order valence-electron chi connectivity index (χ3n) is 3.43.